The lowest BCUT2D eigenvalue weighted by atomic mass is 9.53. The molecule has 1 amide bonds. The van der Waals surface area contributed by atoms with Gasteiger partial charge in [-0.2, -0.15) is 0 Å². The van der Waals surface area contributed by atoms with Gasteiger partial charge in [0.2, 0.25) is 5.91 Å². The number of aliphatic hydroxyl groups excluding tert-OH is 1. The van der Waals surface area contributed by atoms with Crippen LogP contribution < -0.4 is 0 Å². The van der Waals surface area contributed by atoms with Gasteiger partial charge in [0.25, 0.3) is 0 Å². The number of nitrogens with zero attached hydrogens (tertiary/aromatic N) is 2. The van der Waals surface area contributed by atoms with Crippen molar-refractivity contribution in [1.29, 1.82) is 0 Å². The van der Waals surface area contributed by atoms with E-state index in [1.807, 2.05) is 32.6 Å². The summed E-state index contributed by atoms with van der Waals surface area (Å²) in [6.07, 6.45) is 2.15. The molecule has 2 aliphatic carbocycles. The maximum atomic E-state index is 13.2. The van der Waals surface area contributed by atoms with Crippen LogP contribution in [0.1, 0.15) is 75.9 Å². The lowest BCUT2D eigenvalue weighted by Gasteiger charge is -2.53. The number of amides is 1. The van der Waals surface area contributed by atoms with E-state index in [1.54, 1.807) is 11.3 Å². The number of aromatic nitrogens is 1. The van der Waals surface area contributed by atoms with Gasteiger partial charge in [-0.1, -0.05) is 20.8 Å². The minimum absolute atomic E-state index is 0.0318. The first-order chi connectivity index (χ1) is 15.9. The Balaban J connectivity index is 1.50. The molecule has 2 fully saturated rings. The van der Waals surface area contributed by atoms with Gasteiger partial charge in [-0.15, -0.1) is 11.3 Å². The van der Waals surface area contributed by atoms with E-state index in [0.717, 1.165) is 30.0 Å². The SMILES string of the molecule is C[C@H](C(=O)N1CCOCC1)[C@@H]1CC[C@@]2(C)Cc3sc(COC(=O)C(C)(C)C)nc3[C@@H](C)[C@@H]2[C@H]1O. The molecule has 6 atom stereocenters. The zero-order valence-corrected chi connectivity index (χ0v) is 22.2. The van der Waals surface area contributed by atoms with Gasteiger partial charge in [-0.05, 0) is 57.3 Å². The van der Waals surface area contributed by atoms with Crippen LogP contribution in [0.4, 0.5) is 0 Å². The average Bonchev–Trinajstić information content (AvgIpc) is 3.19. The smallest absolute Gasteiger partial charge is 0.311 e. The number of fused-ring (bicyclic) bond motifs is 2. The number of thiazole rings is 1. The quantitative estimate of drug-likeness (QED) is 0.644. The van der Waals surface area contributed by atoms with Crippen LogP contribution in [0.15, 0.2) is 0 Å². The highest BCUT2D eigenvalue weighted by Gasteiger charge is 2.54. The molecule has 8 heteroatoms. The molecule has 2 heterocycles. The molecule has 1 aliphatic heterocycles. The largest absolute Gasteiger partial charge is 0.458 e. The van der Waals surface area contributed by atoms with Crippen molar-refractivity contribution in [2.75, 3.05) is 26.3 Å². The number of carbonyl (C=O) groups is 2. The van der Waals surface area contributed by atoms with Gasteiger partial charge in [0.1, 0.15) is 11.6 Å². The number of hydrogen-bond acceptors (Lipinski definition) is 7. The average molecular weight is 493 g/mol. The van der Waals surface area contributed by atoms with Crippen LogP contribution in [0.3, 0.4) is 0 Å². The Kier molecular flexibility index (Phi) is 7.15. The van der Waals surface area contributed by atoms with Gasteiger partial charge >= 0.3 is 5.97 Å². The van der Waals surface area contributed by atoms with Crippen LogP contribution in [0, 0.1) is 28.6 Å². The molecule has 0 spiro atoms. The van der Waals surface area contributed by atoms with E-state index in [2.05, 4.69) is 13.8 Å². The summed E-state index contributed by atoms with van der Waals surface area (Å²) in [6, 6.07) is 0. The molecule has 190 valence electrons. The van der Waals surface area contributed by atoms with Crippen LogP contribution in [0.2, 0.25) is 0 Å². The number of esters is 1. The Morgan fingerprint density at radius 3 is 2.65 bits per heavy atom. The summed E-state index contributed by atoms with van der Waals surface area (Å²) in [4.78, 5) is 33.4. The number of rotatable bonds is 4. The summed E-state index contributed by atoms with van der Waals surface area (Å²) in [5.41, 5.74) is 0.456. The van der Waals surface area contributed by atoms with E-state index < -0.39 is 11.5 Å². The van der Waals surface area contributed by atoms with Gasteiger partial charge in [-0.3, -0.25) is 9.59 Å². The van der Waals surface area contributed by atoms with E-state index in [0.29, 0.717) is 26.3 Å². The van der Waals surface area contributed by atoms with Crippen molar-refractivity contribution in [3.05, 3.63) is 15.6 Å². The number of hydrogen-bond donors (Lipinski definition) is 1. The van der Waals surface area contributed by atoms with Crippen molar-refractivity contribution >= 4 is 23.2 Å². The highest BCUT2D eigenvalue weighted by Crippen LogP contribution is 2.57. The lowest BCUT2D eigenvalue weighted by molar-refractivity contribution is -0.154. The van der Waals surface area contributed by atoms with E-state index in [4.69, 9.17) is 14.5 Å². The minimum Gasteiger partial charge on any atom is -0.458 e. The molecule has 4 rings (SSSR count). The molecule has 34 heavy (non-hydrogen) atoms. The molecule has 1 aromatic heterocycles. The zero-order chi connectivity index (χ0) is 24.8. The van der Waals surface area contributed by atoms with E-state index in [-0.39, 0.29) is 47.6 Å². The number of aliphatic hydroxyl groups is 1. The van der Waals surface area contributed by atoms with Crippen molar-refractivity contribution in [3.8, 4) is 0 Å². The Labute approximate surface area is 207 Å². The van der Waals surface area contributed by atoms with Crippen molar-refractivity contribution < 1.29 is 24.2 Å². The van der Waals surface area contributed by atoms with Crippen molar-refractivity contribution in [2.45, 2.75) is 79.4 Å². The highest BCUT2D eigenvalue weighted by atomic mass is 32.1. The fraction of sp³-hybridized carbons (Fsp3) is 0.808. The molecule has 1 aromatic rings. The first-order valence-corrected chi connectivity index (χ1v) is 13.4. The zero-order valence-electron chi connectivity index (χ0n) is 21.4. The Hall–Kier alpha value is -1.51. The highest BCUT2D eigenvalue weighted by molar-refractivity contribution is 7.11. The molecule has 1 saturated heterocycles. The topological polar surface area (TPSA) is 89.0 Å². The molecular formula is C26H40N2O5S. The van der Waals surface area contributed by atoms with Crippen LogP contribution >= 0.6 is 11.3 Å². The Bertz CT molecular complexity index is 919. The maximum Gasteiger partial charge on any atom is 0.311 e. The summed E-state index contributed by atoms with van der Waals surface area (Å²) in [6.45, 7) is 14.6. The van der Waals surface area contributed by atoms with E-state index in [1.165, 1.54) is 4.88 Å². The van der Waals surface area contributed by atoms with E-state index in [9.17, 15) is 14.7 Å². The molecular weight excluding hydrogens is 452 g/mol. The second kappa shape index (κ2) is 9.51. The summed E-state index contributed by atoms with van der Waals surface area (Å²) in [5.74, 6) is -0.230. The molecule has 0 aromatic carbocycles. The third kappa shape index (κ3) is 4.78. The first kappa shape index (κ1) is 25.6. The lowest BCUT2D eigenvalue weighted by Crippen LogP contribution is -2.54. The maximum absolute atomic E-state index is 13.2. The molecule has 0 radical (unpaired) electrons. The third-order valence-electron chi connectivity index (χ3n) is 8.26. The second-order valence-corrected chi connectivity index (χ2v) is 13.0. The normalized spacial score (nSPS) is 32.5. The number of morpholine rings is 1. The molecule has 1 N–H and O–H groups in total. The summed E-state index contributed by atoms with van der Waals surface area (Å²) >= 11 is 1.64. The Morgan fingerprint density at radius 1 is 1.32 bits per heavy atom. The van der Waals surface area contributed by atoms with Gasteiger partial charge in [0.05, 0.1) is 30.4 Å². The third-order valence-corrected chi connectivity index (χ3v) is 9.30. The Morgan fingerprint density at radius 2 is 2.00 bits per heavy atom. The fourth-order valence-corrected chi connectivity index (χ4v) is 7.54. The van der Waals surface area contributed by atoms with Gasteiger partial charge in [0.15, 0.2) is 0 Å². The van der Waals surface area contributed by atoms with Crippen molar-refractivity contribution in [2.24, 2.45) is 28.6 Å². The summed E-state index contributed by atoms with van der Waals surface area (Å²) in [5, 5.41) is 12.4. The molecule has 0 bridgehead atoms. The van der Waals surface area contributed by atoms with Crippen molar-refractivity contribution in [1.82, 2.24) is 9.88 Å². The second-order valence-electron chi connectivity index (χ2n) is 11.8. The minimum atomic E-state index is -0.550. The molecule has 1 saturated carbocycles. The van der Waals surface area contributed by atoms with Crippen LogP contribution in [0.25, 0.3) is 0 Å². The number of carbonyl (C=O) groups excluding carboxylic acids is 2. The first-order valence-electron chi connectivity index (χ1n) is 12.6. The van der Waals surface area contributed by atoms with Gasteiger partial charge < -0.3 is 19.5 Å². The van der Waals surface area contributed by atoms with E-state index >= 15 is 0 Å². The predicted molar refractivity (Wildman–Crippen MR) is 130 cm³/mol. The molecule has 7 nitrogen and oxygen atoms in total. The van der Waals surface area contributed by atoms with Crippen LogP contribution in [0.5, 0.6) is 0 Å². The molecule has 3 aliphatic rings. The molecule has 0 unspecified atom stereocenters. The predicted octanol–water partition coefficient (Wildman–Crippen LogP) is 3.78. The van der Waals surface area contributed by atoms with Crippen LogP contribution in [-0.2, 0) is 32.1 Å². The monoisotopic (exact) mass is 492 g/mol. The standard InChI is InChI=1S/C26H40N2O5S/c1-15(23(30)28-9-11-32-12-10-28)17-7-8-26(6)13-18-21(16(2)20(26)22(17)29)27-19(34-18)14-33-24(31)25(3,4)5/h15-17,20,22,29H,7-14H2,1-6H3/t15-,16-,17-,20+,22-,26-/m0/s1. The van der Waals surface area contributed by atoms with Gasteiger partial charge in [-0.25, -0.2) is 4.98 Å². The van der Waals surface area contributed by atoms with Crippen molar-refractivity contribution in [3.63, 3.8) is 0 Å². The van der Waals surface area contributed by atoms with Crippen LogP contribution in [-0.4, -0.2) is 59.3 Å². The fourth-order valence-electron chi connectivity index (χ4n) is 6.26. The summed E-state index contributed by atoms with van der Waals surface area (Å²) < 4.78 is 10.9. The number of ether oxygens (including phenoxy) is 2. The summed E-state index contributed by atoms with van der Waals surface area (Å²) in [7, 11) is 0. The van der Waals surface area contributed by atoms with Gasteiger partial charge in [0, 0.05) is 29.8 Å².